The van der Waals surface area contributed by atoms with Crippen LogP contribution in [0.3, 0.4) is 0 Å². The minimum Gasteiger partial charge on any atom is -0.497 e. The average molecular weight is 511 g/mol. The van der Waals surface area contributed by atoms with E-state index in [9.17, 15) is 4.79 Å². The number of fused-ring (bicyclic) bond motifs is 1. The van der Waals surface area contributed by atoms with Crippen LogP contribution in [-0.2, 0) is 4.79 Å². The summed E-state index contributed by atoms with van der Waals surface area (Å²) in [5.74, 6) is 3.45. The van der Waals surface area contributed by atoms with Crippen molar-refractivity contribution in [3.8, 4) is 17.2 Å². The van der Waals surface area contributed by atoms with Crippen molar-refractivity contribution in [3.63, 3.8) is 0 Å². The maximum atomic E-state index is 13.2. The molecule has 7 heteroatoms. The summed E-state index contributed by atoms with van der Waals surface area (Å²) >= 11 is 1.78. The number of carbonyl (C=O) groups excluding carboxylic acids is 1. The average Bonchev–Trinajstić information content (AvgIpc) is 2.92. The highest BCUT2D eigenvalue weighted by Gasteiger charge is 2.42. The Balaban J connectivity index is 1.22. The number of amides is 1. The van der Waals surface area contributed by atoms with E-state index < -0.39 is 0 Å². The van der Waals surface area contributed by atoms with Crippen molar-refractivity contribution in [2.45, 2.75) is 56.3 Å². The minimum absolute atomic E-state index is 0.0819. The summed E-state index contributed by atoms with van der Waals surface area (Å²) in [4.78, 5) is 17.6. The SMILES string of the molecule is CCOc1ccc2c(c1)[C@@H](SCC(=O)N1CCN(c3cccc(OC)c3)CC1)CC1(CCCCC1)O2. The zero-order valence-corrected chi connectivity index (χ0v) is 22.4. The third-order valence-corrected chi connectivity index (χ3v) is 8.98. The monoisotopic (exact) mass is 510 g/mol. The van der Waals surface area contributed by atoms with Gasteiger partial charge in [0.05, 0.1) is 19.5 Å². The number of thioether (sulfide) groups is 1. The first-order chi connectivity index (χ1) is 17.6. The van der Waals surface area contributed by atoms with Crippen molar-refractivity contribution in [2.75, 3.05) is 50.5 Å². The number of ether oxygens (including phenoxy) is 3. The summed E-state index contributed by atoms with van der Waals surface area (Å²) in [6, 6.07) is 14.4. The molecule has 1 atom stereocenters. The number of piperazine rings is 1. The van der Waals surface area contributed by atoms with Crippen molar-refractivity contribution in [2.24, 2.45) is 0 Å². The van der Waals surface area contributed by atoms with Crippen LogP contribution in [0.2, 0.25) is 0 Å². The second-order valence-electron chi connectivity index (χ2n) is 10.1. The van der Waals surface area contributed by atoms with E-state index in [2.05, 4.69) is 29.2 Å². The third-order valence-electron chi connectivity index (χ3n) is 7.75. The van der Waals surface area contributed by atoms with Crippen molar-refractivity contribution in [3.05, 3.63) is 48.0 Å². The second-order valence-corrected chi connectivity index (χ2v) is 11.2. The number of anilines is 1. The highest BCUT2D eigenvalue weighted by molar-refractivity contribution is 8.00. The number of methoxy groups -OCH3 is 1. The lowest BCUT2D eigenvalue weighted by Gasteiger charge is -2.44. The smallest absolute Gasteiger partial charge is 0.232 e. The summed E-state index contributed by atoms with van der Waals surface area (Å²) < 4.78 is 17.8. The first-order valence-corrected chi connectivity index (χ1v) is 14.4. The van der Waals surface area contributed by atoms with Gasteiger partial charge in [-0.15, -0.1) is 11.8 Å². The molecule has 0 unspecified atom stereocenters. The molecule has 2 fully saturated rings. The number of hydrogen-bond donors (Lipinski definition) is 0. The number of carbonyl (C=O) groups is 1. The van der Waals surface area contributed by atoms with Crippen LogP contribution in [0.5, 0.6) is 17.2 Å². The molecule has 1 saturated carbocycles. The predicted molar refractivity (Wildman–Crippen MR) is 146 cm³/mol. The summed E-state index contributed by atoms with van der Waals surface area (Å²) in [5, 5.41) is 0.245. The maximum Gasteiger partial charge on any atom is 0.232 e. The molecule has 1 spiro atoms. The van der Waals surface area contributed by atoms with Gasteiger partial charge in [-0.25, -0.2) is 0 Å². The van der Waals surface area contributed by atoms with Crippen LogP contribution in [0.15, 0.2) is 42.5 Å². The first-order valence-electron chi connectivity index (χ1n) is 13.3. The summed E-state index contributed by atoms with van der Waals surface area (Å²) in [7, 11) is 1.69. The van der Waals surface area contributed by atoms with Gasteiger partial charge < -0.3 is 24.0 Å². The molecular weight excluding hydrogens is 472 g/mol. The van der Waals surface area contributed by atoms with Crippen molar-refractivity contribution in [1.29, 1.82) is 0 Å². The standard InChI is InChI=1S/C29H38N2O4S/c1-3-34-24-10-11-26-25(19-24)27(20-29(35-26)12-5-4-6-13-29)36-21-28(32)31-16-14-30(15-17-31)22-8-7-9-23(18-22)33-2/h7-11,18-19,27H,3-6,12-17,20-21H2,1-2H3/t27-/m0/s1. The van der Waals surface area contributed by atoms with Crippen LogP contribution in [-0.4, -0.2) is 62.1 Å². The Morgan fingerprint density at radius 3 is 2.61 bits per heavy atom. The molecule has 2 aromatic carbocycles. The van der Waals surface area contributed by atoms with Crippen LogP contribution in [0, 0.1) is 0 Å². The Labute approximate surface area is 219 Å². The van der Waals surface area contributed by atoms with Crippen LogP contribution in [0.1, 0.15) is 56.3 Å². The van der Waals surface area contributed by atoms with Crippen molar-refractivity contribution in [1.82, 2.24) is 4.90 Å². The zero-order chi connectivity index (χ0) is 25.0. The van der Waals surface area contributed by atoms with E-state index >= 15 is 0 Å². The predicted octanol–water partition coefficient (Wildman–Crippen LogP) is 5.70. The zero-order valence-electron chi connectivity index (χ0n) is 21.5. The number of nitrogens with zero attached hydrogens (tertiary/aromatic N) is 2. The van der Waals surface area contributed by atoms with Gasteiger partial charge in [0.15, 0.2) is 0 Å². The van der Waals surface area contributed by atoms with Gasteiger partial charge in [0.25, 0.3) is 0 Å². The molecule has 2 aliphatic heterocycles. The topological polar surface area (TPSA) is 51.2 Å². The highest BCUT2D eigenvalue weighted by Crippen LogP contribution is 2.51. The Hall–Kier alpha value is -2.54. The molecule has 3 aliphatic rings. The summed E-state index contributed by atoms with van der Waals surface area (Å²) in [6.07, 6.45) is 6.92. The van der Waals surface area contributed by atoms with Crippen LogP contribution in [0.25, 0.3) is 0 Å². The third kappa shape index (κ3) is 5.56. The lowest BCUT2D eigenvalue weighted by Crippen LogP contribution is -2.49. The quantitative estimate of drug-likeness (QED) is 0.476. The summed E-state index contributed by atoms with van der Waals surface area (Å²) in [6.45, 7) is 5.82. The molecule has 36 heavy (non-hydrogen) atoms. The largest absolute Gasteiger partial charge is 0.497 e. The molecular formula is C29H38N2O4S. The van der Waals surface area contributed by atoms with Gasteiger partial charge in [-0.3, -0.25) is 4.79 Å². The Morgan fingerprint density at radius 1 is 1.06 bits per heavy atom. The molecule has 1 aliphatic carbocycles. The highest BCUT2D eigenvalue weighted by atomic mass is 32.2. The number of benzene rings is 2. The van der Waals surface area contributed by atoms with Crippen LogP contribution in [0.4, 0.5) is 5.69 Å². The fourth-order valence-corrected chi connectivity index (χ4v) is 7.10. The van der Waals surface area contributed by atoms with Crippen LogP contribution < -0.4 is 19.1 Å². The van der Waals surface area contributed by atoms with E-state index in [0.29, 0.717) is 12.4 Å². The molecule has 2 heterocycles. The molecule has 194 valence electrons. The van der Waals surface area contributed by atoms with Crippen LogP contribution >= 0.6 is 11.8 Å². The second kappa shape index (κ2) is 11.2. The molecule has 6 nitrogen and oxygen atoms in total. The number of hydrogen-bond acceptors (Lipinski definition) is 6. The van der Waals surface area contributed by atoms with Gasteiger partial charge in [0, 0.05) is 55.2 Å². The van der Waals surface area contributed by atoms with E-state index in [1.54, 1.807) is 18.9 Å². The normalized spacial score (nSPS) is 21.0. The number of rotatable bonds is 7. The maximum absolute atomic E-state index is 13.2. The molecule has 0 N–H and O–H groups in total. The Morgan fingerprint density at radius 2 is 1.86 bits per heavy atom. The van der Waals surface area contributed by atoms with Gasteiger partial charge in [0.1, 0.15) is 22.8 Å². The van der Waals surface area contributed by atoms with E-state index in [-0.39, 0.29) is 16.8 Å². The van der Waals surface area contributed by atoms with Gasteiger partial charge in [0.2, 0.25) is 5.91 Å². The first kappa shape index (κ1) is 25.1. The van der Waals surface area contributed by atoms with E-state index in [1.165, 1.54) is 24.8 Å². The van der Waals surface area contributed by atoms with Gasteiger partial charge in [-0.1, -0.05) is 12.5 Å². The molecule has 1 amide bonds. The van der Waals surface area contributed by atoms with E-state index in [0.717, 1.165) is 68.4 Å². The minimum atomic E-state index is -0.0819. The lowest BCUT2D eigenvalue weighted by atomic mass is 9.78. The van der Waals surface area contributed by atoms with Gasteiger partial charge in [-0.2, -0.15) is 0 Å². The fourth-order valence-electron chi connectivity index (χ4n) is 5.79. The molecule has 0 aromatic heterocycles. The lowest BCUT2D eigenvalue weighted by molar-refractivity contribution is -0.128. The molecule has 0 radical (unpaired) electrons. The van der Waals surface area contributed by atoms with Gasteiger partial charge >= 0.3 is 0 Å². The Kier molecular flexibility index (Phi) is 7.85. The molecule has 5 rings (SSSR count). The van der Waals surface area contributed by atoms with Gasteiger partial charge in [-0.05, 0) is 62.9 Å². The molecule has 2 aromatic rings. The fraction of sp³-hybridized carbons (Fsp3) is 0.552. The molecule has 1 saturated heterocycles. The van der Waals surface area contributed by atoms with E-state index in [4.69, 9.17) is 14.2 Å². The van der Waals surface area contributed by atoms with Crippen molar-refractivity contribution < 1.29 is 19.0 Å². The van der Waals surface area contributed by atoms with E-state index in [1.807, 2.05) is 30.0 Å². The summed E-state index contributed by atoms with van der Waals surface area (Å²) in [5.41, 5.74) is 2.25. The Bertz CT molecular complexity index is 1050. The van der Waals surface area contributed by atoms with Crippen molar-refractivity contribution >= 4 is 23.4 Å². The molecule has 0 bridgehead atoms.